The maximum absolute atomic E-state index is 5.88. The molecule has 1 rings (SSSR count). The normalized spacial score (nSPS) is 10.6. The lowest BCUT2D eigenvalue weighted by atomic mass is 10.1. The van der Waals surface area contributed by atoms with Crippen LogP contribution in [0.25, 0.3) is 0 Å². The van der Waals surface area contributed by atoms with Gasteiger partial charge in [0.25, 0.3) is 0 Å². The summed E-state index contributed by atoms with van der Waals surface area (Å²) in [7, 11) is 1.97. The zero-order chi connectivity index (χ0) is 13.2. The molecule has 0 unspecified atom stereocenters. The van der Waals surface area contributed by atoms with E-state index in [-0.39, 0.29) is 0 Å². The molecule has 0 aliphatic carbocycles. The van der Waals surface area contributed by atoms with Gasteiger partial charge in [-0.3, -0.25) is 0 Å². The van der Waals surface area contributed by atoms with Gasteiger partial charge in [0.2, 0.25) is 0 Å². The molecule has 2 heteroatoms. The molecular formula is C16H27NO. The van der Waals surface area contributed by atoms with E-state index in [1.807, 2.05) is 7.05 Å². The van der Waals surface area contributed by atoms with Crippen molar-refractivity contribution in [1.82, 2.24) is 5.32 Å². The predicted octanol–water partition coefficient (Wildman–Crippen LogP) is 4.06. The lowest BCUT2D eigenvalue weighted by molar-refractivity contribution is 0.301. The van der Waals surface area contributed by atoms with E-state index in [0.717, 1.165) is 25.3 Å². The van der Waals surface area contributed by atoms with Crippen LogP contribution in [0.15, 0.2) is 18.2 Å². The van der Waals surface area contributed by atoms with Gasteiger partial charge in [0.15, 0.2) is 0 Å². The summed E-state index contributed by atoms with van der Waals surface area (Å²) in [5.74, 6) is 1.03. The van der Waals surface area contributed by atoms with Gasteiger partial charge in [-0.15, -0.1) is 0 Å². The fourth-order valence-corrected chi connectivity index (χ4v) is 2.07. The average molecular weight is 249 g/mol. The molecular weight excluding hydrogens is 222 g/mol. The summed E-state index contributed by atoms with van der Waals surface area (Å²) < 4.78 is 5.88. The van der Waals surface area contributed by atoms with Crippen LogP contribution < -0.4 is 10.1 Å². The van der Waals surface area contributed by atoms with Gasteiger partial charge in [-0.2, -0.15) is 0 Å². The molecule has 0 saturated heterocycles. The number of unbranched alkanes of at least 4 members (excludes halogenated alkanes) is 4. The first-order valence-corrected chi connectivity index (χ1v) is 7.15. The largest absolute Gasteiger partial charge is 0.493 e. The van der Waals surface area contributed by atoms with Crippen LogP contribution in [0.5, 0.6) is 5.75 Å². The fourth-order valence-electron chi connectivity index (χ4n) is 2.07. The first-order valence-electron chi connectivity index (χ1n) is 7.15. The van der Waals surface area contributed by atoms with Gasteiger partial charge in [0, 0.05) is 12.1 Å². The Kier molecular flexibility index (Phi) is 7.51. The minimum atomic E-state index is 0.837. The van der Waals surface area contributed by atoms with Gasteiger partial charge in [-0.1, -0.05) is 50.3 Å². The lowest BCUT2D eigenvalue weighted by Crippen LogP contribution is -2.08. The van der Waals surface area contributed by atoms with Crippen LogP contribution in [0, 0.1) is 6.92 Å². The fraction of sp³-hybridized carbons (Fsp3) is 0.625. The van der Waals surface area contributed by atoms with E-state index >= 15 is 0 Å². The van der Waals surface area contributed by atoms with Crippen molar-refractivity contribution in [2.45, 2.75) is 52.5 Å². The number of hydrogen-bond donors (Lipinski definition) is 1. The van der Waals surface area contributed by atoms with E-state index in [4.69, 9.17) is 4.74 Å². The highest BCUT2D eigenvalue weighted by molar-refractivity contribution is 5.36. The molecule has 2 nitrogen and oxygen atoms in total. The van der Waals surface area contributed by atoms with Crippen molar-refractivity contribution in [3.8, 4) is 5.75 Å². The molecule has 0 radical (unpaired) electrons. The first kappa shape index (κ1) is 15.0. The Morgan fingerprint density at radius 3 is 2.61 bits per heavy atom. The van der Waals surface area contributed by atoms with Gasteiger partial charge in [0.1, 0.15) is 5.75 Å². The van der Waals surface area contributed by atoms with E-state index in [9.17, 15) is 0 Å². The van der Waals surface area contributed by atoms with Crippen LogP contribution in [-0.2, 0) is 6.54 Å². The van der Waals surface area contributed by atoms with Crippen LogP contribution in [-0.4, -0.2) is 13.7 Å². The van der Waals surface area contributed by atoms with Crippen LogP contribution in [0.1, 0.15) is 50.2 Å². The van der Waals surface area contributed by atoms with Gasteiger partial charge >= 0.3 is 0 Å². The number of rotatable bonds is 9. The number of benzene rings is 1. The second-order valence-electron chi connectivity index (χ2n) is 4.90. The highest BCUT2D eigenvalue weighted by Gasteiger charge is 2.03. The quantitative estimate of drug-likeness (QED) is 0.666. The summed E-state index contributed by atoms with van der Waals surface area (Å²) in [6, 6.07) is 6.41. The average Bonchev–Trinajstić information content (AvgIpc) is 2.36. The maximum atomic E-state index is 5.88. The molecule has 102 valence electrons. The highest BCUT2D eigenvalue weighted by atomic mass is 16.5. The van der Waals surface area contributed by atoms with Crippen molar-refractivity contribution in [1.29, 1.82) is 0 Å². The number of ether oxygens (including phenoxy) is 1. The molecule has 1 aromatic rings. The SMILES string of the molecule is CCCCCCCOc1ccc(C)cc1CNC. The number of aryl methyl sites for hydroxylation is 1. The number of hydrogen-bond acceptors (Lipinski definition) is 2. The van der Waals surface area contributed by atoms with E-state index in [0.29, 0.717) is 0 Å². The molecule has 0 saturated carbocycles. The third-order valence-electron chi connectivity index (χ3n) is 3.09. The Hall–Kier alpha value is -1.02. The molecule has 0 bridgehead atoms. The molecule has 0 heterocycles. The molecule has 0 aliphatic heterocycles. The minimum absolute atomic E-state index is 0.837. The molecule has 0 amide bonds. The Morgan fingerprint density at radius 2 is 1.89 bits per heavy atom. The van der Waals surface area contributed by atoms with E-state index in [1.165, 1.54) is 36.8 Å². The summed E-state index contributed by atoms with van der Waals surface area (Å²) in [5, 5.41) is 3.19. The minimum Gasteiger partial charge on any atom is -0.493 e. The summed E-state index contributed by atoms with van der Waals surface area (Å²) in [5.41, 5.74) is 2.54. The second-order valence-corrected chi connectivity index (χ2v) is 4.90. The van der Waals surface area contributed by atoms with Crippen LogP contribution in [0.3, 0.4) is 0 Å². The zero-order valence-corrected chi connectivity index (χ0v) is 12.1. The summed E-state index contributed by atoms with van der Waals surface area (Å²) in [4.78, 5) is 0. The molecule has 0 spiro atoms. The first-order chi connectivity index (χ1) is 8.77. The van der Waals surface area contributed by atoms with Gasteiger partial charge < -0.3 is 10.1 Å². The third kappa shape index (κ3) is 5.54. The number of nitrogens with one attached hydrogen (secondary N) is 1. The second kappa shape index (κ2) is 8.98. The Morgan fingerprint density at radius 1 is 1.11 bits per heavy atom. The maximum Gasteiger partial charge on any atom is 0.123 e. The summed E-state index contributed by atoms with van der Waals surface area (Å²) in [6.07, 6.45) is 6.41. The summed E-state index contributed by atoms with van der Waals surface area (Å²) >= 11 is 0. The lowest BCUT2D eigenvalue weighted by Gasteiger charge is -2.12. The standard InChI is InChI=1S/C16H27NO/c1-4-5-6-7-8-11-18-16-10-9-14(2)12-15(16)13-17-3/h9-10,12,17H,4-8,11,13H2,1-3H3. The van der Waals surface area contributed by atoms with Crippen molar-refractivity contribution >= 4 is 0 Å². The van der Waals surface area contributed by atoms with Crippen LogP contribution in [0.2, 0.25) is 0 Å². The van der Waals surface area contributed by atoms with E-state index in [2.05, 4.69) is 37.4 Å². The Bertz CT molecular complexity index is 336. The van der Waals surface area contributed by atoms with Crippen LogP contribution >= 0.6 is 0 Å². The van der Waals surface area contributed by atoms with Gasteiger partial charge in [-0.25, -0.2) is 0 Å². The van der Waals surface area contributed by atoms with Crippen LogP contribution in [0.4, 0.5) is 0 Å². The monoisotopic (exact) mass is 249 g/mol. The van der Waals surface area contributed by atoms with Crippen molar-refractivity contribution in [2.75, 3.05) is 13.7 Å². The van der Waals surface area contributed by atoms with Crippen molar-refractivity contribution in [2.24, 2.45) is 0 Å². The topological polar surface area (TPSA) is 21.3 Å². The highest BCUT2D eigenvalue weighted by Crippen LogP contribution is 2.20. The molecule has 1 N–H and O–H groups in total. The smallest absolute Gasteiger partial charge is 0.123 e. The molecule has 0 atom stereocenters. The Balaban J connectivity index is 2.36. The molecule has 0 fully saturated rings. The summed E-state index contributed by atoms with van der Waals surface area (Å²) in [6.45, 7) is 6.07. The third-order valence-corrected chi connectivity index (χ3v) is 3.09. The van der Waals surface area contributed by atoms with E-state index in [1.54, 1.807) is 0 Å². The van der Waals surface area contributed by atoms with Gasteiger partial charge in [0.05, 0.1) is 6.61 Å². The van der Waals surface area contributed by atoms with Crippen molar-refractivity contribution in [3.05, 3.63) is 29.3 Å². The molecule has 0 aromatic heterocycles. The Labute approximate surface area is 112 Å². The zero-order valence-electron chi connectivity index (χ0n) is 12.1. The molecule has 0 aliphatic rings. The van der Waals surface area contributed by atoms with Crippen molar-refractivity contribution < 1.29 is 4.74 Å². The predicted molar refractivity (Wildman–Crippen MR) is 78.2 cm³/mol. The molecule has 18 heavy (non-hydrogen) atoms. The van der Waals surface area contributed by atoms with Gasteiger partial charge in [-0.05, 0) is 26.5 Å². The molecule has 1 aromatic carbocycles. The van der Waals surface area contributed by atoms with Crippen molar-refractivity contribution in [3.63, 3.8) is 0 Å². The van der Waals surface area contributed by atoms with E-state index < -0.39 is 0 Å².